The minimum atomic E-state index is -1.31. The van der Waals surface area contributed by atoms with Crippen molar-refractivity contribution in [3.8, 4) is 5.75 Å². The summed E-state index contributed by atoms with van der Waals surface area (Å²) in [4.78, 5) is 36.1. The van der Waals surface area contributed by atoms with E-state index >= 15 is 0 Å². The zero-order valence-corrected chi connectivity index (χ0v) is 18.3. The van der Waals surface area contributed by atoms with Crippen LogP contribution in [0.25, 0.3) is 0 Å². The van der Waals surface area contributed by atoms with E-state index in [0.29, 0.717) is 17.1 Å². The van der Waals surface area contributed by atoms with Gasteiger partial charge in [-0.3, -0.25) is 9.59 Å². The molecule has 0 aliphatic heterocycles. The molecule has 0 spiro atoms. The predicted octanol–water partition coefficient (Wildman–Crippen LogP) is 5.27. The Balaban J connectivity index is 1.62. The van der Waals surface area contributed by atoms with Gasteiger partial charge in [-0.25, -0.2) is 4.79 Å². The Kier molecular flexibility index (Phi) is 7.35. The number of benzene rings is 3. The summed E-state index contributed by atoms with van der Waals surface area (Å²) in [5, 5.41) is 14.7. The summed E-state index contributed by atoms with van der Waals surface area (Å²) in [6, 6.07) is 16.0. The fraction of sp³-hybridized carbons (Fsp3) is 0.0870. The predicted molar refractivity (Wildman–Crippen MR) is 123 cm³/mol. The number of carbonyl (C=O) groups excluding carboxylic acids is 2. The van der Waals surface area contributed by atoms with Gasteiger partial charge in [0.2, 0.25) is 0 Å². The minimum Gasteiger partial charge on any atom is -0.483 e. The number of aromatic carboxylic acids is 1. The average Bonchev–Trinajstić information content (AvgIpc) is 2.76. The highest BCUT2D eigenvalue weighted by atomic mass is 35.5. The number of rotatable bonds is 7. The molecule has 3 aromatic rings. The molecule has 32 heavy (non-hydrogen) atoms. The first kappa shape index (κ1) is 23.1. The molecule has 0 saturated heterocycles. The fourth-order valence-corrected chi connectivity index (χ4v) is 3.13. The lowest BCUT2D eigenvalue weighted by Gasteiger charge is -2.11. The molecule has 9 heteroatoms. The maximum absolute atomic E-state index is 12.6. The number of para-hydroxylation sites is 1. The van der Waals surface area contributed by atoms with Gasteiger partial charge in [-0.1, -0.05) is 41.4 Å². The Morgan fingerprint density at radius 2 is 1.44 bits per heavy atom. The summed E-state index contributed by atoms with van der Waals surface area (Å²) >= 11 is 11.8. The Labute approximate surface area is 193 Å². The van der Waals surface area contributed by atoms with Crippen molar-refractivity contribution in [2.75, 3.05) is 17.2 Å². The van der Waals surface area contributed by atoms with Gasteiger partial charge in [-0.15, -0.1) is 0 Å². The molecule has 3 N–H and O–H groups in total. The second kappa shape index (κ2) is 10.2. The van der Waals surface area contributed by atoms with Gasteiger partial charge in [0.1, 0.15) is 5.75 Å². The monoisotopic (exact) mass is 472 g/mol. The minimum absolute atomic E-state index is 0.0344. The normalized spacial score (nSPS) is 10.3. The lowest BCUT2D eigenvalue weighted by Crippen LogP contribution is -2.20. The van der Waals surface area contributed by atoms with E-state index in [2.05, 4.69) is 10.6 Å². The molecule has 0 aliphatic carbocycles. The molecule has 0 unspecified atom stereocenters. The second-order valence-electron chi connectivity index (χ2n) is 6.75. The quantitative estimate of drug-likeness (QED) is 0.434. The number of amides is 2. The van der Waals surface area contributed by atoms with E-state index in [4.69, 9.17) is 27.9 Å². The Hall–Kier alpha value is -3.55. The van der Waals surface area contributed by atoms with Gasteiger partial charge >= 0.3 is 5.97 Å². The summed E-state index contributed by atoms with van der Waals surface area (Å²) < 4.78 is 5.51. The summed E-state index contributed by atoms with van der Waals surface area (Å²) in [7, 11) is 0. The highest BCUT2D eigenvalue weighted by Gasteiger charge is 2.19. The zero-order chi connectivity index (χ0) is 23.3. The van der Waals surface area contributed by atoms with Crippen LogP contribution in [0.3, 0.4) is 0 Å². The van der Waals surface area contributed by atoms with Crippen molar-refractivity contribution in [2.45, 2.75) is 6.92 Å². The third-order valence-corrected chi connectivity index (χ3v) is 5.14. The van der Waals surface area contributed by atoms with Gasteiger partial charge in [0, 0.05) is 11.4 Å². The zero-order valence-electron chi connectivity index (χ0n) is 16.8. The van der Waals surface area contributed by atoms with E-state index in [1.54, 1.807) is 30.3 Å². The van der Waals surface area contributed by atoms with E-state index in [1.807, 2.05) is 25.1 Å². The third-order valence-electron chi connectivity index (χ3n) is 4.41. The standard InChI is InChI=1S/C23H18Cl2N2O5/c1-13-4-2-3-5-20(13)32-12-21(28)26-14-6-8-15(9-7-14)27-22(29)16-10-18(24)19(25)11-17(16)23(30)31/h2-11H,12H2,1H3,(H,26,28)(H,27,29)(H,30,31). The molecule has 0 aromatic heterocycles. The largest absolute Gasteiger partial charge is 0.483 e. The summed E-state index contributed by atoms with van der Waals surface area (Å²) in [5.74, 6) is -1.68. The first-order chi connectivity index (χ1) is 15.2. The van der Waals surface area contributed by atoms with Crippen LogP contribution in [-0.2, 0) is 4.79 Å². The van der Waals surface area contributed by atoms with Gasteiger partial charge in [0.05, 0.1) is 21.2 Å². The Morgan fingerprint density at radius 3 is 2.03 bits per heavy atom. The van der Waals surface area contributed by atoms with E-state index in [-0.39, 0.29) is 33.7 Å². The number of halogens is 2. The maximum atomic E-state index is 12.6. The topological polar surface area (TPSA) is 105 Å². The van der Waals surface area contributed by atoms with Crippen LogP contribution in [0.15, 0.2) is 60.7 Å². The number of nitrogens with one attached hydrogen (secondary N) is 2. The molecular formula is C23H18Cl2N2O5. The van der Waals surface area contributed by atoms with Crippen LogP contribution in [0, 0.1) is 6.92 Å². The number of anilines is 2. The first-order valence-corrected chi connectivity index (χ1v) is 10.1. The van der Waals surface area contributed by atoms with Crippen LogP contribution in [0.5, 0.6) is 5.75 Å². The molecule has 0 bridgehead atoms. The van der Waals surface area contributed by atoms with Crippen molar-refractivity contribution in [2.24, 2.45) is 0 Å². The summed E-state index contributed by atoms with van der Waals surface area (Å²) in [6.07, 6.45) is 0. The molecule has 0 radical (unpaired) electrons. The molecular weight excluding hydrogens is 455 g/mol. The Morgan fingerprint density at radius 1 is 0.875 bits per heavy atom. The first-order valence-electron chi connectivity index (χ1n) is 9.36. The van der Waals surface area contributed by atoms with Crippen molar-refractivity contribution in [3.63, 3.8) is 0 Å². The van der Waals surface area contributed by atoms with E-state index in [9.17, 15) is 19.5 Å². The van der Waals surface area contributed by atoms with Crippen LogP contribution in [0.2, 0.25) is 10.0 Å². The second-order valence-corrected chi connectivity index (χ2v) is 7.57. The van der Waals surface area contributed by atoms with Gasteiger partial charge in [-0.2, -0.15) is 0 Å². The van der Waals surface area contributed by atoms with Crippen molar-refractivity contribution in [1.29, 1.82) is 0 Å². The van der Waals surface area contributed by atoms with Gasteiger partial charge in [-0.05, 0) is 55.0 Å². The molecule has 2 amide bonds. The number of aryl methyl sites for hydroxylation is 1. The molecule has 0 fully saturated rings. The van der Waals surface area contributed by atoms with Crippen LogP contribution in [-0.4, -0.2) is 29.5 Å². The van der Waals surface area contributed by atoms with Crippen LogP contribution in [0.1, 0.15) is 26.3 Å². The molecule has 3 rings (SSSR count). The number of carboxylic acid groups (broad SMARTS) is 1. The molecule has 7 nitrogen and oxygen atoms in total. The van der Waals surface area contributed by atoms with E-state index in [0.717, 1.165) is 11.6 Å². The molecule has 3 aromatic carbocycles. The molecule has 0 saturated carbocycles. The lowest BCUT2D eigenvalue weighted by atomic mass is 10.1. The number of carbonyl (C=O) groups is 3. The van der Waals surface area contributed by atoms with Gasteiger partial charge in [0.25, 0.3) is 11.8 Å². The summed E-state index contributed by atoms with van der Waals surface area (Å²) in [5.41, 5.74) is 1.43. The molecule has 164 valence electrons. The van der Waals surface area contributed by atoms with Crippen molar-refractivity contribution < 1.29 is 24.2 Å². The summed E-state index contributed by atoms with van der Waals surface area (Å²) in [6.45, 7) is 1.73. The van der Waals surface area contributed by atoms with Gasteiger partial charge < -0.3 is 20.5 Å². The SMILES string of the molecule is Cc1ccccc1OCC(=O)Nc1ccc(NC(=O)c2cc(Cl)c(Cl)cc2C(=O)O)cc1. The van der Waals surface area contributed by atoms with Crippen molar-refractivity contribution in [3.05, 3.63) is 87.4 Å². The van der Waals surface area contributed by atoms with E-state index in [1.165, 1.54) is 6.07 Å². The Bertz CT molecular complexity index is 1180. The van der Waals surface area contributed by atoms with Crippen LogP contribution < -0.4 is 15.4 Å². The van der Waals surface area contributed by atoms with Crippen molar-refractivity contribution >= 4 is 52.4 Å². The van der Waals surface area contributed by atoms with Crippen LogP contribution in [0.4, 0.5) is 11.4 Å². The smallest absolute Gasteiger partial charge is 0.336 e. The number of hydrogen-bond donors (Lipinski definition) is 3. The highest BCUT2D eigenvalue weighted by molar-refractivity contribution is 6.42. The van der Waals surface area contributed by atoms with Crippen LogP contribution >= 0.6 is 23.2 Å². The van der Waals surface area contributed by atoms with E-state index < -0.39 is 11.9 Å². The third kappa shape index (κ3) is 5.78. The number of ether oxygens (including phenoxy) is 1. The van der Waals surface area contributed by atoms with Crippen molar-refractivity contribution in [1.82, 2.24) is 0 Å². The van der Waals surface area contributed by atoms with Gasteiger partial charge in [0.15, 0.2) is 6.61 Å². The lowest BCUT2D eigenvalue weighted by molar-refractivity contribution is -0.118. The highest BCUT2D eigenvalue weighted by Crippen LogP contribution is 2.27. The molecule has 0 atom stereocenters. The fourth-order valence-electron chi connectivity index (χ4n) is 2.81. The molecule has 0 heterocycles. The maximum Gasteiger partial charge on any atom is 0.336 e. The number of hydrogen-bond acceptors (Lipinski definition) is 4. The number of carboxylic acids is 1. The average molecular weight is 473 g/mol. The molecule has 0 aliphatic rings.